The Morgan fingerprint density at radius 2 is 2.29 bits per heavy atom. The first-order valence-electron chi connectivity index (χ1n) is 7.69. The molecule has 2 aromatic rings. The Bertz CT molecular complexity index is 889. The number of aromatic nitrogens is 1. The second-order valence-electron chi connectivity index (χ2n) is 5.79. The van der Waals surface area contributed by atoms with Gasteiger partial charge in [-0.15, -0.1) is 0 Å². The fourth-order valence-electron chi connectivity index (χ4n) is 2.98. The lowest BCUT2D eigenvalue weighted by Gasteiger charge is -2.32. The van der Waals surface area contributed by atoms with Crippen LogP contribution in [0.4, 0.5) is 5.69 Å². The van der Waals surface area contributed by atoms with Crippen molar-refractivity contribution in [2.75, 3.05) is 18.4 Å². The maximum atomic E-state index is 12.5. The van der Waals surface area contributed by atoms with E-state index in [1.807, 2.05) is 0 Å². The summed E-state index contributed by atoms with van der Waals surface area (Å²) in [5, 5.41) is 3.38. The number of nitrogens with zero attached hydrogens (tertiary/aromatic N) is 3. The van der Waals surface area contributed by atoms with E-state index in [2.05, 4.69) is 55.2 Å². The third-order valence-corrected chi connectivity index (χ3v) is 4.70. The van der Waals surface area contributed by atoms with Crippen LogP contribution in [0.25, 0.3) is 0 Å². The molecular formula is C18H15BrN4O. The summed E-state index contributed by atoms with van der Waals surface area (Å²) in [5.74, 6) is 1.58. The third kappa shape index (κ3) is 2.53. The quantitative estimate of drug-likeness (QED) is 0.638. The van der Waals surface area contributed by atoms with Crippen molar-refractivity contribution < 1.29 is 4.79 Å². The number of nitrogens with one attached hydrogen (secondary N) is 1. The van der Waals surface area contributed by atoms with Crippen LogP contribution in [-0.2, 0) is 0 Å². The van der Waals surface area contributed by atoms with Gasteiger partial charge in [-0.1, -0.05) is 0 Å². The van der Waals surface area contributed by atoms with Crippen molar-refractivity contribution in [3.8, 4) is 0 Å². The number of aliphatic imine (C=N–C) groups is 1. The number of aryl methyl sites for hydroxylation is 1. The maximum absolute atomic E-state index is 12.5. The molecule has 0 amide bonds. The van der Waals surface area contributed by atoms with E-state index in [0.29, 0.717) is 5.56 Å². The highest BCUT2D eigenvalue weighted by atomic mass is 79.9. The lowest BCUT2D eigenvalue weighted by atomic mass is 10.0. The standard InChI is InChI=1S/C18H15BrN4O/c1-11-7-13-17(14(19)8-11)22-16(23-6-5-21-18(13)23)9-15(24)12-3-2-4-20-10-12/h2-4,7-10,22H,5-6H2,1H3/b16-9+. The molecule has 4 rings (SSSR count). The number of halogens is 1. The molecule has 0 saturated carbocycles. The second-order valence-corrected chi connectivity index (χ2v) is 6.64. The number of hydrogen-bond donors (Lipinski definition) is 1. The smallest absolute Gasteiger partial charge is 0.191 e. The zero-order valence-corrected chi connectivity index (χ0v) is 14.7. The molecule has 2 aliphatic heterocycles. The van der Waals surface area contributed by atoms with Gasteiger partial charge in [0.15, 0.2) is 5.78 Å². The molecule has 0 atom stereocenters. The van der Waals surface area contributed by atoms with E-state index in [1.165, 1.54) is 0 Å². The van der Waals surface area contributed by atoms with Crippen LogP contribution in [0.2, 0.25) is 0 Å². The van der Waals surface area contributed by atoms with E-state index in [1.54, 1.807) is 30.6 Å². The Kier molecular flexibility index (Phi) is 3.69. The summed E-state index contributed by atoms with van der Waals surface area (Å²) in [5.41, 5.74) is 3.74. The molecule has 6 heteroatoms. The summed E-state index contributed by atoms with van der Waals surface area (Å²) in [7, 11) is 0. The zero-order chi connectivity index (χ0) is 16.7. The van der Waals surface area contributed by atoms with Gasteiger partial charge in [0, 0.05) is 40.6 Å². The number of ketones is 1. The number of benzene rings is 1. The van der Waals surface area contributed by atoms with Crippen LogP contribution in [0.15, 0.2) is 58.0 Å². The van der Waals surface area contributed by atoms with E-state index in [-0.39, 0.29) is 5.78 Å². The molecule has 2 aliphatic rings. The van der Waals surface area contributed by atoms with Gasteiger partial charge in [0.2, 0.25) is 0 Å². The molecule has 3 heterocycles. The van der Waals surface area contributed by atoms with Crippen molar-refractivity contribution in [2.24, 2.45) is 4.99 Å². The zero-order valence-electron chi connectivity index (χ0n) is 13.1. The summed E-state index contributed by atoms with van der Waals surface area (Å²) < 4.78 is 0.964. The van der Waals surface area contributed by atoms with Crippen LogP contribution in [0, 0.1) is 6.92 Å². The fourth-order valence-corrected chi connectivity index (χ4v) is 3.66. The highest BCUT2D eigenvalue weighted by molar-refractivity contribution is 9.10. The SMILES string of the molecule is Cc1cc(Br)c2c(c1)C1=NCCN1/C(=C/C(=O)c1cccnc1)N2. The highest BCUT2D eigenvalue weighted by Gasteiger charge is 2.31. The van der Waals surface area contributed by atoms with Crippen molar-refractivity contribution in [3.63, 3.8) is 0 Å². The molecule has 0 aliphatic carbocycles. The van der Waals surface area contributed by atoms with Gasteiger partial charge in [-0.2, -0.15) is 0 Å². The first-order chi connectivity index (χ1) is 11.6. The minimum atomic E-state index is -0.0801. The molecule has 0 spiro atoms. The Morgan fingerprint density at radius 3 is 3.08 bits per heavy atom. The number of carbonyl (C=O) groups excluding carboxylic acids is 1. The van der Waals surface area contributed by atoms with E-state index < -0.39 is 0 Å². The third-order valence-electron chi connectivity index (χ3n) is 4.07. The van der Waals surface area contributed by atoms with E-state index in [0.717, 1.165) is 46.0 Å². The highest BCUT2D eigenvalue weighted by Crippen LogP contribution is 2.36. The molecule has 0 fully saturated rings. The monoisotopic (exact) mass is 382 g/mol. The van der Waals surface area contributed by atoms with Crippen molar-refractivity contribution in [1.29, 1.82) is 0 Å². The average Bonchev–Trinajstić information content (AvgIpc) is 3.07. The van der Waals surface area contributed by atoms with Gasteiger partial charge in [0.05, 0.1) is 12.2 Å². The lowest BCUT2D eigenvalue weighted by Crippen LogP contribution is -2.36. The predicted molar refractivity (Wildman–Crippen MR) is 97.3 cm³/mol. The summed E-state index contributed by atoms with van der Waals surface area (Å²) >= 11 is 3.61. The van der Waals surface area contributed by atoms with Crippen LogP contribution < -0.4 is 5.32 Å². The van der Waals surface area contributed by atoms with E-state index in [4.69, 9.17) is 0 Å². The molecule has 0 radical (unpaired) electrons. The van der Waals surface area contributed by atoms with Gasteiger partial charge in [0.1, 0.15) is 11.7 Å². The van der Waals surface area contributed by atoms with Crippen molar-refractivity contribution in [1.82, 2.24) is 9.88 Å². The van der Waals surface area contributed by atoms with Crippen molar-refractivity contribution >= 4 is 33.2 Å². The van der Waals surface area contributed by atoms with Crippen molar-refractivity contribution in [3.05, 3.63) is 69.7 Å². The molecule has 1 aromatic heterocycles. The van der Waals surface area contributed by atoms with Gasteiger partial charge in [0.25, 0.3) is 0 Å². The molecular weight excluding hydrogens is 368 g/mol. The fraction of sp³-hybridized carbons (Fsp3) is 0.167. The molecule has 1 aromatic carbocycles. The van der Waals surface area contributed by atoms with Gasteiger partial charge < -0.3 is 10.2 Å². The minimum Gasteiger partial charge on any atom is -0.340 e. The molecule has 0 unspecified atom stereocenters. The van der Waals surface area contributed by atoms with Gasteiger partial charge in [-0.3, -0.25) is 14.8 Å². The number of rotatable bonds is 2. The number of hydrogen-bond acceptors (Lipinski definition) is 5. The van der Waals surface area contributed by atoms with Gasteiger partial charge in [-0.05, 0) is 52.7 Å². The number of anilines is 1. The number of carbonyl (C=O) groups is 1. The van der Waals surface area contributed by atoms with Gasteiger partial charge in [-0.25, -0.2) is 0 Å². The molecule has 0 bridgehead atoms. The number of allylic oxidation sites excluding steroid dienone is 1. The average molecular weight is 383 g/mol. The Balaban J connectivity index is 1.77. The van der Waals surface area contributed by atoms with Crippen LogP contribution in [0.3, 0.4) is 0 Å². The molecule has 0 saturated heterocycles. The normalized spacial score (nSPS) is 17.2. The largest absolute Gasteiger partial charge is 0.340 e. The van der Waals surface area contributed by atoms with Crippen LogP contribution in [-0.4, -0.2) is 34.6 Å². The topological polar surface area (TPSA) is 57.6 Å². The number of pyridine rings is 1. The van der Waals surface area contributed by atoms with Crippen LogP contribution in [0.5, 0.6) is 0 Å². The first-order valence-corrected chi connectivity index (χ1v) is 8.48. The molecule has 1 N–H and O–H groups in total. The number of fused-ring (bicyclic) bond motifs is 3. The Hall–Kier alpha value is -2.47. The minimum absolute atomic E-state index is 0.0801. The summed E-state index contributed by atoms with van der Waals surface area (Å²) in [4.78, 5) is 23.2. The maximum Gasteiger partial charge on any atom is 0.191 e. The van der Waals surface area contributed by atoms with Crippen LogP contribution in [0.1, 0.15) is 21.5 Å². The molecule has 24 heavy (non-hydrogen) atoms. The van der Waals surface area contributed by atoms with E-state index >= 15 is 0 Å². The molecule has 120 valence electrons. The first kappa shape index (κ1) is 15.1. The summed E-state index contributed by atoms with van der Waals surface area (Å²) in [6.07, 6.45) is 4.85. The van der Waals surface area contributed by atoms with Crippen LogP contribution >= 0.6 is 15.9 Å². The summed E-state index contributed by atoms with van der Waals surface area (Å²) in [6.45, 7) is 3.54. The Morgan fingerprint density at radius 1 is 1.42 bits per heavy atom. The summed E-state index contributed by atoms with van der Waals surface area (Å²) in [6, 6.07) is 7.69. The van der Waals surface area contributed by atoms with E-state index in [9.17, 15) is 4.79 Å². The number of amidine groups is 1. The second kappa shape index (κ2) is 5.87. The molecule has 5 nitrogen and oxygen atoms in total. The lowest BCUT2D eigenvalue weighted by molar-refractivity contribution is 0.104. The van der Waals surface area contributed by atoms with Gasteiger partial charge >= 0.3 is 0 Å². The Labute approximate surface area is 148 Å². The predicted octanol–water partition coefficient (Wildman–Crippen LogP) is 3.36. The van der Waals surface area contributed by atoms with Crippen molar-refractivity contribution in [2.45, 2.75) is 6.92 Å².